The second-order valence-corrected chi connectivity index (χ2v) is 5.60. The Hall–Kier alpha value is -2.54. The number of benzene rings is 1. The van der Waals surface area contributed by atoms with Crippen molar-refractivity contribution in [3.63, 3.8) is 0 Å². The van der Waals surface area contributed by atoms with E-state index in [9.17, 15) is 13.6 Å². The fraction of sp³-hybridized carbons (Fsp3) is 0.294. The second kappa shape index (κ2) is 7.35. The van der Waals surface area contributed by atoms with Gasteiger partial charge in [0.25, 0.3) is 0 Å². The number of rotatable bonds is 4. The summed E-state index contributed by atoms with van der Waals surface area (Å²) in [6, 6.07) is 6.78. The van der Waals surface area contributed by atoms with Crippen LogP contribution in [0.5, 0.6) is 0 Å². The highest BCUT2D eigenvalue weighted by Crippen LogP contribution is 2.16. The summed E-state index contributed by atoms with van der Waals surface area (Å²) in [6.45, 7) is 3.69. The van der Waals surface area contributed by atoms with Crippen LogP contribution < -0.4 is 15.5 Å². The number of anilines is 2. The molecule has 5 nitrogen and oxygen atoms in total. The minimum absolute atomic E-state index is 0.145. The van der Waals surface area contributed by atoms with Crippen LogP contribution in [0.25, 0.3) is 0 Å². The van der Waals surface area contributed by atoms with Gasteiger partial charge in [-0.15, -0.1) is 0 Å². The van der Waals surface area contributed by atoms with E-state index >= 15 is 0 Å². The molecule has 1 aliphatic rings. The second-order valence-electron chi connectivity index (χ2n) is 5.60. The van der Waals surface area contributed by atoms with E-state index in [1.807, 2.05) is 6.07 Å². The van der Waals surface area contributed by atoms with Crippen molar-refractivity contribution in [1.82, 2.24) is 10.3 Å². The molecule has 2 heterocycles. The van der Waals surface area contributed by atoms with Crippen LogP contribution in [0.3, 0.4) is 0 Å². The standard InChI is InChI=1S/C17H18F2N4O/c18-13-2-1-12(15(19)10-13)9-17(24)22-16-4-3-14(11-21-16)23-7-5-20-6-8-23/h1-4,10-11,20H,5-9H2,(H,21,22,24). The lowest BCUT2D eigenvalue weighted by Gasteiger charge is -2.29. The van der Waals surface area contributed by atoms with Crippen molar-refractivity contribution in [3.8, 4) is 0 Å². The third kappa shape index (κ3) is 4.05. The Bertz CT molecular complexity index is 715. The number of aromatic nitrogens is 1. The van der Waals surface area contributed by atoms with Gasteiger partial charge < -0.3 is 15.5 Å². The molecule has 1 amide bonds. The van der Waals surface area contributed by atoms with Crippen LogP contribution in [-0.2, 0) is 11.2 Å². The van der Waals surface area contributed by atoms with E-state index in [0.717, 1.165) is 44.0 Å². The number of halogens is 2. The third-order valence-electron chi connectivity index (χ3n) is 3.86. The zero-order valence-electron chi connectivity index (χ0n) is 13.1. The summed E-state index contributed by atoms with van der Waals surface area (Å²) in [5.41, 5.74) is 1.14. The number of hydrogen-bond acceptors (Lipinski definition) is 4. The third-order valence-corrected chi connectivity index (χ3v) is 3.86. The van der Waals surface area contributed by atoms with Gasteiger partial charge in [-0.05, 0) is 23.8 Å². The van der Waals surface area contributed by atoms with Gasteiger partial charge in [-0.25, -0.2) is 13.8 Å². The fourth-order valence-electron chi connectivity index (χ4n) is 2.60. The molecule has 0 unspecified atom stereocenters. The molecule has 1 saturated heterocycles. The minimum Gasteiger partial charge on any atom is -0.368 e. The van der Waals surface area contributed by atoms with Crippen LogP contribution in [0.15, 0.2) is 36.5 Å². The van der Waals surface area contributed by atoms with Crippen molar-refractivity contribution in [3.05, 3.63) is 53.7 Å². The highest BCUT2D eigenvalue weighted by molar-refractivity contribution is 5.91. The smallest absolute Gasteiger partial charge is 0.230 e. The Morgan fingerprint density at radius 2 is 2.00 bits per heavy atom. The van der Waals surface area contributed by atoms with Gasteiger partial charge in [0.1, 0.15) is 17.5 Å². The molecule has 2 aromatic rings. The molecule has 126 valence electrons. The van der Waals surface area contributed by atoms with E-state index in [-0.39, 0.29) is 12.0 Å². The largest absolute Gasteiger partial charge is 0.368 e. The molecule has 1 aromatic heterocycles. The Morgan fingerprint density at radius 3 is 2.67 bits per heavy atom. The lowest BCUT2D eigenvalue weighted by Crippen LogP contribution is -2.43. The van der Waals surface area contributed by atoms with Crippen molar-refractivity contribution in [2.45, 2.75) is 6.42 Å². The molecule has 0 spiro atoms. The maximum Gasteiger partial charge on any atom is 0.230 e. The molecule has 0 bridgehead atoms. The van der Waals surface area contributed by atoms with Crippen molar-refractivity contribution in [2.24, 2.45) is 0 Å². The molecule has 24 heavy (non-hydrogen) atoms. The monoisotopic (exact) mass is 332 g/mol. The molecule has 1 aliphatic heterocycles. The summed E-state index contributed by atoms with van der Waals surface area (Å²) in [6.07, 6.45) is 1.53. The zero-order valence-corrected chi connectivity index (χ0v) is 13.1. The molecule has 0 aliphatic carbocycles. The normalized spacial score (nSPS) is 14.5. The number of hydrogen-bond donors (Lipinski definition) is 2. The Labute approximate surface area is 138 Å². The fourth-order valence-corrected chi connectivity index (χ4v) is 2.60. The number of pyridine rings is 1. The molecule has 0 radical (unpaired) electrons. The summed E-state index contributed by atoms with van der Waals surface area (Å²) in [4.78, 5) is 18.4. The number of carbonyl (C=O) groups is 1. The SMILES string of the molecule is O=C(Cc1ccc(F)cc1F)Nc1ccc(N2CCNCC2)cn1. The van der Waals surface area contributed by atoms with Gasteiger partial charge in [-0.3, -0.25) is 4.79 Å². The first-order chi connectivity index (χ1) is 11.6. The predicted molar refractivity (Wildman–Crippen MR) is 88.0 cm³/mol. The summed E-state index contributed by atoms with van der Waals surface area (Å²) < 4.78 is 26.4. The topological polar surface area (TPSA) is 57.3 Å². The highest BCUT2D eigenvalue weighted by atomic mass is 19.1. The molecule has 0 atom stereocenters. The van der Waals surface area contributed by atoms with Crippen LogP contribution in [0.2, 0.25) is 0 Å². The van der Waals surface area contributed by atoms with Crippen LogP contribution in [0.1, 0.15) is 5.56 Å². The predicted octanol–water partition coefficient (Wildman–Crippen LogP) is 1.95. The summed E-state index contributed by atoms with van der Waals surface area (Å²) >= 11 is 0. The molecular formula is C17H18F2N4O. The Balaban J connectivity index is 1.59. The van der Waals surface area contributed by atoms with Crippen LogP contribution in [0.4, 0.5) is 20.3 Å². The van der Waals surface area contributed by atoms with Crippen molar-refractivity contribution >= 4 is 17.4 Å². The first-order valence-electron chi connectivity index (χ1n) is 7.77. The average molecular weight is 332 g/mol. The molecular weight excluding hydrogens is 314 g/mol. The van der Waals surface area contributed by atoms with E-state index < -0.39 is 17.5 Å². The van der Waals surface area contributed by atoms with Crippen molar-refractivity contribution < 1.29 is 13.6 Å². The number of nitrogens with zero attached hydrogens (tertiary/aromatic N) is 2. The first kappa shape index (κ1) is 16.3. The summed E-state index contributed by atoms with van der Waals surface area (Å²) in [5.74, 6) is -1.39. The lowest BCUT2D eigenvalue weighted by molar-refractivity contribution is -0.115. The maximum atomic E-state index is 13.6. The molecule has 1 fully saturated rings. The van der Waals surface area contributed by atoms with Gasteiger partial charge in [0.15, 0.2) is 0 Å². The lowest BCUT2D eigenvalue weighted by atomic mass is 10.1. The van der Waals surface area contributed by atoms with E-state index in [2.05, 4.69) is 20.5 Å². The van der Waals surface area contributed by atoms with Crippen LogP contribution in [-0.4, -0.2) is 37.1 Å². The van der Waals surface area contributed by atoms with Crippen LogP contribution >= 0.6 is 0 Å². The number of carbonyl (C=O) groups excluding carboxylic acids is 1. The number of nitrogens with one attached hydrogen (secondary N) is 2. The van der Waals surface area contributed by atoms with Gasteiger partial charge >= 0.3 is 0 Å². The minimum atomic E-state index is -0.729. The zero-order chi connectivity index (χ0) is 16.9. The number of amides is 1. The van der Waals surface area contributed by atoms with Gasteiger partial charge in [0, 0.05) is 32.2 Å². The first-order valence-corrected chi connectivity index (χ1v) is 7.77. The van der Waals surface area contributed by atoms with Crippen molar-refractivity contribution in [2.75, 3.05) is 36.4 Å². The Kier molecular flexibility index (Phi) is 5.00. The van der Waals surface area contributed by atoms with Gasteiger partial charge in [0.2, 0.25) is 5.91 Å². The quantitative estimate of drug-likeness (QED) is 0.899. The van der Waals surface area contributed by atoms with Gasteiger partial charge in [-0.1, -0.05) is 6.07 Å². The maximum absolute atomic E-state index is 13.6. The van der Waals surface area contributed by atoms with Gasteiger partial charge in [0.05, 0.1) is 18.3 Å². The van der Waals surface area contributed by atoms with E-state index in [0.29, 0.717) is 5.82 Å². The average Bonchev–Trinajstić information content (AvgIpc) is 2.59. The molecule has 2 N–H and O–H groups in total. The summed E-state index contributed by atoms with van der Waals surface area (Å²) in [5, 5.41) is 5.90. The van der Waals surface area contributed by atoms with Gasteiger partial charge in [-0.2, -0.15) is 0 Å². The molecule has 3 rings (SSSR count). The highest BCUT2D eigenvalue weighted by Gasteiger charge is 2.12. The molecule has 0 saturated carbocycles. The summed E-state index contributed by atoms with van der Waals surface area (Å²) in [7, 11) is 0. The molecule has 1 aromatic carbocycles. The molecule has 7 heteroatoms. The van der Waals surface area contributed by atoms with E-state index in [4.69, 9.17) is 0 Å². The Morgan fingerprint density at radius 1 is 1.21 bits per heavy atom. The van der Waals surface area contributed by atoms with E-state index in [1.165, 1.54) is 6.07 Å². The van der Waals surface area contributed by atoms with Crippen molar-refractivity contribution in [1.29, 1.82) is 0 Å². The number of piperazine rings is 1. The van der Waals surface area contributed by atoms with E-state index in [1.54, 1.807) is 12.3 Å². The van der Waals surface area contributed by atoms with Crippen LogP contribution in [0, 0.1) is 11.6 Å².